The van der Waals surface area contributed by atoms with Gasteiger partial charge in [-0.2, -0.15) is 0 Å². The van der Waals surface area contributed by atoms with Gasteiger partial charge in [-0.1, -0.05) is 0 Å². The highest BCUT2D eigenvalue weighted by Gasteiger charge is 2.19. The second-order valence-electron chi connectivity index (χ2n) is 4.33. The minimum absolute atomic E-state index is 0.145. The fourth-order valence-electron chi connectivity index (χ4n) is 2.01. The minimum Gasteiger partial charge on any atom is -0.490 e. The Kier molecular flexibility index (Phi) is 5.22. The molecule has 1 aliphatic heterocycles. The number of benzene rings is 1. The molecule has 0 N–H and O–H groups in total. The van der Waals surface area contributed by atoms with Crippen molar-refractivity contribution < 1.29 is 19.0 Å². The Morgan fingerprint density at radius 2 is 2.32 bits per heavy atom. The van der Waals surface area contributed by atoms with Crippen molar-refractivity contribution in [3.05, 3.63) is 22.2 Å². The first-order chi connectivity index (χ1) is 9.24. The monoisotopic (exact) mass is 328 g/mol. The molecule has 0 spiro atoms. The summed E-state index contributed by atoms with van der Waals surface area (Å²) in [5, 5.41) is 0. The fraction of sp³-hybridized carbons (Fsp3) is 0.500. The Hall–Kier alpha value is -1.07. The topological polar surface area (TPSA) is 44.8 Å². The van der Waals surface area contributed by atoms with Crippen LogP contribution in [-0.4, -0.2) is 32.2 Å². The highest BCUT2D eigenvalue weighted by molar-refractivity contribution is 9.10. The first-order valence-electron chi connectivity index (χ1n) is 6.40. The van der Waals surface area contributed by atoms with Crippen LogP contribution in [-0.2, 0) is 4.74 Å². The van der Waals surface area contributed by atoms with Gasteiger partial charge in [-0.3, -0.25) is 4.79 Å². The van der Waals surface area contributed by atoms with E-state index in [0.29, 0.717) is 30.3 Å². The molecule has 1 atom stereocenters. The molecule has 0 amide bonds. The van der Waals surface area contributed by atoms with E-state index in [1.54, 1.807) is 12.1 Å². The Morgan fingerprint density at radius 3 is 2.95 bits per heavy atom. The van der Waals surface area contributed by atoms with Gasteiger partial charge in [-0.25, -0.2) is 0 Å². The average Bonchev–Trinajstić information content (AvgIpc) is 2.91. The summed E-state index contributed by atoms with van der Waals surface area (Å²) in [6, 6.07) is 3.41. The van der Waals surface area contributed by atoms with Gasteiger partial charge in [0.1, 0.15) is 12.9 Å². The normalized spacial score (nSPS) is 18.3. The Bertz CT molecular complexity index is 441. The lowest BCUT2D eigenvalue weighted by atomic mass is 10.2. The van der Waals surface area contributed by atoms with Crippen molar-refractivity contribution in [3.8, 4) is 11.5 Å². The lowest BCUT2D eigenvalue weighted by Crippen LogP contribution is -2.17. The maximum Gasteiger partial charge on any atom is 0.175 e. The molecule has 1 aromatic rings. The zero-order valence-corrected chi connectivity index (χ0v) is 12.4. The standard InChI is InChI=1S/C14H17BrO4/c1-2-17-13-7-10(8-16)6-12(15)14(13)19-9-11-4-3-5-18-11/h6-8,11H,2-5,9H2,1H3. The third-order valence-electron chi connectivity index (χ3n) is 2.91. The molecule has 0 aromatic heterocycles. The molecule has 1 saturated heterocycles. The van der Waals surface area contributed by atoms with Crippen molar-refractivity contribution in [3.63, 3.8) is 0 Å². The van der Waals surface area contributed by atoms with Crippen LogP contribution >= 0.6 is 15.9 Å². The molecule has 104 valence electrons. The molecule has 1 fully saturated rings. The number of ether oxygens (including phenoxy) is 3. The van der Waals surface area contributed by atoms with Gasteiger partial charge in [0.15, 0.2) is 11.5 Å². The van der Waals surface area contributed by atoms with Crippen LogP contribution in [0.15, 0.2) is 16.6 Å². The molecular weight excluding hydrogens is 312 g/mol. The van der Waals surface area contributed by atoms with Crippen LogP contribution in [0.2, 0.25) is 0 Å². The molecule has 0 bridgehead atoms. The Labute approximate surface area is 121 Å². The molecule has 2 rings (SSSR count). The number of hydrogen-bond acceptors (Lipinski definition) is 4. The molecule has 5 heteroatoms. The summed E-state index contributed by atoms with van der Waals surface area (Å²) in [4.78, 5) is 10.9. The van der Waals surface area contributed by atoms with E-state index in [4.69, 9.17) is 14.2 Å². The van der Waals surface area contributed by atoms with E-state index in [2.05, 4.69) is 15.9 Å². The summed E-state index contributed by atoms with van der Waals surface area (Å²) < 4.78 is 17.6. The van der Waals surface area contributed by atoms with Gasteiger partial charge in [0.05, 0.1) is 17.2 Å². The van der Waals surface area contributed by atoms with E-state index in [1.807, 2.05) is 6.92 Å². The van der Waals surface area contributed by atoms with Gasteiger partial charge in [0.25, 0.3) is 0 Å². The summed E-state index contributed by atoms with van der Waals surface area (Å²) in [7, 11) is 0. The molecule has 0 aliphatic carbocycles. The van der Waals surface area contributed by atoms with Crippen molar-refractivity contribution in [2.45, 2.75) is 25.9 Å². The number of carbonyl (C=O) groups is 1. The summed E-state index contributed by atoms with van der Waals surface area (Å²) >= 11 is 3.41. The molecule has 1 unspecified atom stereocenters. The zero-order valence-electron chi connectivity index (χ0n) is 10.9. The number of halogens is 1. The number of carbonyl (C=O) groups excluding carboxylic acids is 1. The lowest BCUT2D eigenvalue weighted by Gasteiger charge is -2.16. The number of rotatable bonds is 6. The molecule has 1 aromatic carbocycles. The van der Waals surface area contributed by atoms with E-state index in [0.717, 1.165) is 30.2 Å². The summed E-state index contributed by atoms with van der Waals surface area (Å²) in [6.45, 7) is 3.72. The average molecular weight is 329 g/mol. The molecule has 0 radical (unpaired) electrons. The van der Waals surface area contributed by atoms with E-state index in [9.17, 15) is 4.79 Å². The van der Waals surface area contributed by atoms with Gasteiger partial charge in [-0.05, 0) is 47.8 Å². The summed E-state index contributed by atoms with van der Waals surface area (Å²) in [6.07, 6.45) is 3.04. The predicted octanol–water partition coefficient (Wildman–Crippen LogP) is 3.22. The molecule has 4 nitrogen and oxygen atoms in total. The fourth-order valence-corrected chi connectivity index (χ4v) is 2.59. The molecule has 1 aliphatic rings. The third-order valence-corrected chi connectivity index (χ3v) is 3.49. The molecule has 19 heavy (non-hydrogen) atoms. The molecule has 0 saturated carbocycles. The van der Waals surface area contributed by atoms with Gasteiger partial charge in [0, 0.05) is 12.2 Å². The van der Waals surface area contributed by atoms with Crippen molar-refractivity contribution in [1.82, 2.24) is 0 Å². The smallest absolute Gasteiger partial charge is 0.175 e. The summed E-state index contributed by atoms with van der Waals surface area (Å²) in [5.74, 6) is 1.21. The zero-order chi connectivity index (χ0) is 13.7. The van der Waals surface area contributed by atoms with Gasteiger partial charge >= 0.3 is 0 Å². The first-order valence-corrected chi connectivity index (χ1v) is 7.19. The van der Waals surface area contributed by atoms with E-state index in [1.165, 1.54) is 0 Å². The van der Waals surface area contributed by atoms with Crippen LogP contribution in [0, 0.1) is 0 Å². The largest absolute Gasteiger partial charge is 0.490 e. The van der Waals surface area contributed by atoms with Gasteiger partial charge < -0.3 is 14.2 Å². The van der Waals surface area contributed by atoms with Crippen LogP contribution < -0.4 is 9.47 Å². The van der Waals surface area contributed by atoms with Gasteiger partial charge in [-0.15, -0.1) is 0 Å². The van der Waals surface area contributed by atoms with E-state index < -0.39 is 0 Å². The Morgan fingerprint density at radius 1 is 1.47 bits per heavy atom. The maximum absolute atomic E-state index is 10.9. The van der Waals surface area contributed by atoms with Crippen molar-refractivity contribution in [1.29, 1.82) is 0 Å². The first kappa shape index (κ1) is 14.3. The van der Waals surface area contributed by atoms with E-state index in [-0.39, 0.29) is 6.10 Å². The summed E-state index contributed by atoms with van der Waals surface area (Å²) in [5.41, 5.74) is 0.555. The van der Waals surface area contributed by atoms with Gasteiger partial charge in [0.2, 0.25) is 0 Å². The highest BCUT2D eigenvalue weighted by Crippen LogP contribution is 2.37. The Balaban J connectivity index is 2.14. The van der Waals surface area contributed by atoms with Crippen LogP contribution in [0.1, 0.15) is 30.1 Å². The van der Waals surface area contributed by atoms with Crippen molar-refractivity contribution >= 4 is 22.2 Å². The SMILES string of the molecule is CCOc1cc(C=O)cc(Br)c1OCC1CCCO1. The second-order valence-corrected chi connectivity index (χ2v) is 5.18. The van der Waals surface area contributed by atoms with Crippen LogP contribution in [0.25, 0.3) is 0 Å². The van der Waals surface area contributed by atoms with Crippen LogP contribution in [0.4, 0.5) is 0 Å². The number of aldehydes is 1. The third kappa shape index (κ3) is 3.70. The quantitative estimate of drug-likeness (QED) is 0.752. The van der Waals surface area contributed by atoms with Crippen molar-refractivity contribution in [2.24, 2.45) is 0 Å². The van der Waals surface area contributed by atoms with Crippen molar-refractivity contribution in [2.75, 3.05) is 19.8 Å². The maximum atomic E-state index is 10.9. The van der Waals surface area contributed by atoms with Crippen LogP contribution in [0.5, 0.6) is 11.5 Å². The van der Waals surface area contributed by atoms with Crippen LogP contribution in [0.3, 0.4) is 0 Å². The van der Waals surface area contributed by atoms with E-state index >= 15 is 0 Å². The molecular formula is C14H17BrO4. The molecule has 1 heterocycles. The second kappa shape index (κ2) is 6.91. The minimum atomic E-state index is 0.145. The predicted molar refractivity (Wildman–Crippen MR) is 75.2 cm³/mol. The number of hydrogen-bond donors (Lipinski definition) is 0. The highest BCUT2D eigenvalue weighted by atomic mass is 79.9. The lowest BCUT2D eigenvalue weighted by molar-refractivity contribution is 0.0664.